The molecule has 6 heteroatoms. The van der Waals surface area contributed by atoms with Crippen LogP contribution in [-0.4, -0.2) is 61.2 Å². The summed E-state index contributed by atoms with van der Waals surface area (Å²) in [6, 6.07) is 5.32. The van der Waals surface area contributed by atoms with Crippen LogP contribution in [0.25, 0.3) is 0 Å². The number of benzene rings is 1. The second-order valence-corrected chi connectivity index (χ2v) is 4.96. The summed E-state index contributed by atoms with van der Waals surface area (Å²) in [6.07, 6.45) is 0.281. The minimum atomic E-state index is -0.592. The number of aliphatic hydroxyl groups is 1. The zero-order valence-electron chi connectivity index (χ0n) is 11.7. The van der Waals surface area contributed by atoms with Gasteiger partial charge in [0.1, 0.15) is 5.75 Å². The molecule has 1 saturated heterocycles. The molecule has 1 amide bonds. The van der Waals surface area contributed by atoms with Crippen LogP contribution >= 0.6 is 0 Å². The second kappa shape index (κ2) is 6.58. The van der Waals surface area contributed by atoms with Gasteiger partial charge in [-0.1, -0.05) is 6.07 Å². The van der Waals surface area contributed by atoms with Crippen LogP contribution in [0.15, 0.2) is 18.2 Å². The molecule has 0 aromatic heterocycles. The van der Waals surface area contributed by atoms with Crippen LogP contribution in [-0.2, 0) is 4.79 Å². The number of piperazine rings is 1. The topological polar surface area (TPSA) is 79.0 Å². The maximum Gasteiger partial charge on any atom is 0.209 e. The number of β-amino-alcohol motifs (C(OH)–C–C–N with tert-alkyl or cyclic N) is 1. The molecule has 1 fully saturated rings. The van der Waals surface area contributed by atoms with Crippen LogP contribution in [0, 0.1) is 0 Å². The van der Waals surface area contributed by atoms with Gasteiger partial charge < -0.3 is 20.5 Å². The van der Waals surface area contributed by atoms with Gasteiger partial charge in [0.05, 0.1) is 18.9 Å². The Labute approximate surface area is 118 Å². The number of anilines is 1. The molecule has 1 aromatic rings. The smallest absolute Gasteiger partial charge is 0.209 e. The van der Waals surface area contributed by atoms with Crippen molar-refractivity contribution < 1.29 is 14.6 Å². The number of carbonyl (C=O) groups excluding carboxylic acids is 1. The molecule has 0 radical (unpaired) electrons. The lowest BCUT2D eigenvalue weighted by Crippen LogP contribution is -2.46. The molecule has 0 aliphatic carbocycles. The van der Waals surface area contributed by atoms with Crippen molar-refractivity contribution in [2.75, 3.05) is 45.6 Å². The van der Waals surface area contributed by atoms with Gasteiger partial charge in [0.15, 0.2) is 0 Å². The molecule has 2 rings (SSSR count). The summed E-state index contributed by atoms with van der Waals surface area (Å²) in [7, 11) is 1.56. The van der Waals surface area contributed by atoms with E-state index in [9.17, 15) is 9.90 Å². The van der Waals surface area contributed by atoms with Crippen molar-refractivity contribution >= 4 is 12.1 Å². The number of hydrogen-bond donors (Lipinski definition) is 2. The van der Waals surface area contributed by atoms with Gasteiger partial charge in [-0.3, -0.25) is 9.69 Å². The van der Waals surface area contributed by atoms with E-state index in [0.29, 0.717) is 31.1 Å². The first-order valence-corrected chi connectivity index (χ1v) is 6.67. The number of carbonyl (C=O) groups is 1. The lowest BCUT2D eigenvalue weighted by Gasteiger charge is -2.33. The van der Waals surface area contributed by atoms with E-state index in [1.807, 2.05) is 6.07 Å². The SMILES string of the molecule is COc1ccc(C(O)CN2CCN(C=O)CC2)cc1N. The molecule has 110 valence electrons. The van der Waals surface area contributed by atoms with Crippen LogP contribution in [0.3, 0.4) is 0 Å². The monoisotopic (exact) mass is 279 g/mol. The van der Waals surface area contributed by atoms with E-state index in [2.05, 4.69) is 4.90 Å². The van der Waals surface area contributed by atoms with E-state index in [-0.39, 0.29) is 0 Å². The molecule has 1 aliphatic rings. The summed E-state index contributed by atoms with van der Waals surface area (Å²) in [5.74, 6) is 0.612. The quantitative estimate of drug-likeness (QED) is 0.590. The minimum Gasteiger partial charge on any atom is -0.495 e. The van der Waals surface area contributed by atoms with Crippen molar-refractivity contribution in [2.24, 2.45) is 0 Å². The summed E-state index contributed by atoms with van der Waals surface area (Å²) in [6.45, 7) is 3.52. The molecule has 0 bridgehead atoms. The minimum absolute atomic E-state index is 0.523. The Morgan fingerprint density at radius 3 is 2.65 bits per heavy atom. The van der Waals surface area contributed by atoms with E-state index in [0.717, 1.165) is 25.1 Å². The van der Waals surface area contributed by atoms with Crippen molar-refractivity contribution in [1.82, 2.24) is 9.80 Å². The lowest BCUT2D eigenvalue weighted by molar-refractivity contribution is -0.119. The van der Waals surface area contributed by atoms with Crippen molar-refractivity contribution in [3.05, 3.63) is 23.8 Å². The van der Waals surface area contributed by atoms with Crippen LogP contribution in [0.4, 0.5) is 5.69 Å². The third kappa shape index (κ3) is 3.40. The van der Waals surface area contributed by atoms with Crippen molar-refractivity contribution in [1.29, 1.82) is 0 Å². The van der Waals surface area contributed by atoms with E-state index in [1.54, 1.807) is 24.1 Å². The summed E-state index contributed by atoms with van der Waals surface area (Å²) in [4.78, 5) is 14.5. The van der Waals surface area contributed by atoms with Gasteiger partial charge in [0, 0.05) is 32.7 Å². The Morgan fingerprint density at radius 1 is 1.40 bits per heavy atom. The molecular formula is C14H21N3O3. The standard InChI is InChI=1S/C14H21N3O3/c1-20-14-3-2-11(8-12(14)15)13(19)9-16-4-6-17(10-18)7-5-16/h2-3,8,10,13,19H,4-7,9,15H2,1H3. The first-order chi connectivity index (χ1) is 9.63. The van der Waals surface area contributed by atoms with Crippen LogP contribution < -0.4 is 10.5 Å². The van der Waals surface area contributed by atoms with Gasteiger partial charge >= 0.3 is 0 Å². The number of amides is 1. The summed E-state index contributed by atoms with van der Waals surface area (Å²) >= 11 is 0. The summed E-state index contributed by atoms with van der Waals surface area (Å²) in [5.41, 5.74) is 7.15. The largest absolute Gasteiger partial charge is 0.495 e. The molecule has 6 nitrogen and oxygen atoms in total. The Bertz CT molecular complexity index is 459. The Kier molecular flexibility index (Phi) is 4.81. The predicted octanol–water partition coefficient (Wildman–Crippen LogP) is 0.0848. The molecule has 20 heavy (non-hydrogen) atoms. The number of ether oxygens (including phenoxy) is 1. The van der Waals surface area contributed by atoms with E-state index >= 15 is 0 Å². The fourth-order valence-electron chi connectivity index (χ4n) is 2.36. The molecular weight excluding hydrogens is 258 g/mol. The molecule has 0 saturated carbocycles. The molecule has 1 aromatic carbocycles. The third-order valence-electron chi connectivity index (χ3n) is 3.63. The number of nitrogen functional groups attached to an aromatic ring is 1. The lowest BCUT2D eigenvalue weighted by atomic mass is 10.1. The van der Waals surface area contributed by atoms with E-state index in [4.69, 9.17) is 10.5 Å². The van der Waals surface area contributed by atoms with E-state index < -0.39 is 6.10 Å². The zero-order valence-corrected chi connectivity index (χ0v) is 11.7. The van der Waals surface area contributed by atoms with Crippen LogP contribution in [0.5, 0.6) is 5.75 Å². The number of aliphatic hydroxyl groups excluding tert-OH is 1. The second-order valence-electron chi connectivity index (χ2n) is 4.96. The number of nitrogens with two attached hydrogens (primary N) is 1. The first kappa shape index (κ1) is 14.6. The molecule has 1 unspecified atom stereocenters. The maximum absolute atomic E-state index is 10.6. The first-order valence-electron chi connectivity index (χ1n) is 6.67. The number of rotatable bonds is 5. The van der Waals surface area contributed by atoms with Crippen molar-refractivity contribution in [3.63, 3.8) is 0 Å². The Balaban J connectivity index is 1.93. The maximum atomic E-state index is 10.6. The predicted molar refractivity (Wildman–Crippen MR) is 76.4 cm³/mol. The average Bonchev–Trinajstić information content (AvgIpc) is 2.48. The highest BCUT2D eigenvalue weighted by Gasteiger charge is 2.19. The third-order valence-corrected chi connectivity index (χ3v) is 3.63. The fourth-order valence-corrected chi connectivity index (χ4v) is 2.36. The number of methoxy groups -OCH3 is 1. The highest BCUT2D eigenvalue weighted by atomic mass is 16.5. The summed E-state index contributed by atoms with van der Waals surface area (Å²) in [5, 5.41) is 10.3. The molecule has 0 spiro atoms. The highest BCUT2D eigenvalue weighted by molar-refractivity contribution is 5.54. The van der Waals surface area contributed by atoms with Gasteiger partial charge in [-0.15, -0.1) is 0 Å². The van der Waals surface area contributed by atoms with Gasteiger partial charge in [0.2, 0.25) is 6.41 Å². The van der Waals surface area contributed by atoms with Crippen molar-refractivity contribution in [2.45, 2.75) is 6.10 Å². The highest BCUT2D eigenvalue weighted by Crippen LogP contribution is 2.25. The van der Waals surface area contributed by atoms with Gasteiger partial charge in [-0.05, 0) is 17.7 Å². The average molecular weight is 279 g/mol. The Morgan fingerprint density at radius 2 is 2.10 bits per heavy atom. The van der Waals surface area contributed by atoms with Crippen molar-refractivity contribution in [3.8, 4) is 5.75 Å². The fraction of sp³-hybridized carbons (Fsp3) is 0.500. The van der Waals surface area contributed by atoms with E-state index in [1.165, 1.54) is 0 Å². The molecule has 1 heterocycles. The van der Waals surface area contributed by atoms with Gasteiger partial charge in [0.25, 0.3) is 0 Å². The number of hydrogen-bond acceptors (Lipinski definition) is 5. The zero-order chi connectivity index (χ0) is 14.5. The summed E-state index contributed by atoms with van der Waals surface area (Å²) < 4.78 is 5.10. The van der Waals surface area contributed by atoms with Crippen LogP contribution in [0.1, 0.15) is 11.7 Å². The molecule has 3 N–H and O–H groups in total. The van der Waals surface area contributed by atoms with Gasteiger partial charge in [-0.2, -0.15) is 0 Å². The van der Waals surface area contributed by atoms with Crippen LogP contribution in [0.2, 0.25) is 0 Å². The van der Waals surface area contributed by atoms with Gasteiger partial charge in [-0.25, -0.2) is 0 Å². The molecule has 1 atom stereocenters. The molecule has 1 aliphatic heterocycles. The normalized spacial score (nSPS) is 17.8. The number of nitrogens with zero attached hydrogens (tertiary/aromatic N) is 2. The Hall–Kier alpha value is -1.79.